The smallest absolute Gasteiger partial charge is 0.225 e. The van der Waals surface area contributed by atoms with E-state index in [9.17, 15) is 9.90 Å². The van der Waals surface area contributed by atoms with E-state index in [0.717, 1.165) is 32.2 Å². The van der Waals surface area contributed by atoms with Crippen LogP contribution in [0.2, 0.25) is 0 Å². The molecule has 2 aliphatic rings. The van der Waals surface area contributed by atoms with Gasteiger partial charge in [0.15, 0.2) is 0 Å². The fraction of sp³-hybridized carbons (Fsp3) is 0.550. The average molecular weight is 359 g/mol. The van der Waals surface area contributed by atoms with E-state index in [1.165, 1.54) is 12.0 Å². The van der Waals surface area contributed by atoms with Crippen LogP contribution in [0.5, 0.6) is 0 Å². The predicted octanol–water partition coefficient (Wildman–Crippen LogP) is 3.68. The van der Waals surface area contributed by atoms with Gasteiger partial charge >= 0.3 is 0 Å². The molecule has 3 heterocycles. The normalized spacial score (nSPS) is 27.7. The molecule has 0 bridgehead atoms. The fourth-order valence-electron chi connectivity index (χ4n) is 4.51. The molecule has 2 aromatic rings. The number of likely N-dealkylation sites (tertiary alicyclic amines) is 1. The molecule has 4 rings (SSSR count). The monoisotopic (exact) mass is 358 g/mol. The Morgan fingerprint density at radius 1 is 1.32 bits per heavy atom. The first kappa shape index (κ1) is 16.9. The number of piperidine rings is 1. The van der Waals surface area contributed by atoms with Gasteiger partial charge in [-0.05, 0) is 53.8 Å². The predicted molar refractivity (Wildman–Crippen MR) is 99.6 cm³/mol. The summed E-state index contributed by atoms with van der Waals surface area (Å²) in [4.78, 5) is 15.0. The minimum atomic E-state index is -0.526. The maximum absolute atomic E-state index is 13.0. The molecule has 1 N–H and O–H groups in total. The van der Waals surface area contributed by atoms with Crippen molar-refractivity contribution in [2.45, 2.75) is 50.2 Å². The van der Waals surface area contributed by atoms with Crippen LogP contribution in [-0.4, -0.2) is 39.2 Å². The lowest BCUT2D eigenvalue weighted by molar-refractivity contribution is -0.143. The number of nitrogens with zero attached hydrogens (tertiary/aromatic N) is 2. The SMILES string of the molecule is O=C(C[C@H](c1ccsc1)n1cccc1)N1CC[C@@]2(O)CCCC[C@@H]2C1. The zero-order valence-corrected chi connectivity index (χ0v) is 15.3. The molecule has 0 radical (unpaired) electrons. The van der Waals surface area contributed by atoms with Crippen LogP contribution in [-0.2, 0) is 4.79 Å². The van der Waals surface area contributed by atoms with Crippen LogP contribution in [0, 0.1) is 5.92 Å². The van der Waals surface area contributed by atoms with Gasteiger partial charge in [-0.25, -0.2) is 0 Å². The molecule has 0 unspecified atom stereocenters. The Morgan fingerprint density at radius 2 is 2.16 bits per heavy atom. The third-order valence-corrected chi connectivity index (χ3v) is 6.77. The Kier molecular flexibility index (Phi) is 4.69. The molecule has 1 saturated heterocycles. The number of fused-ring (bicyclic) bond motifs is 1. The van der Waals surface area contributed by atoms with Gasteiger partial charge in [0.05, 0.1) is 18.1 Å². The second-order valence-electron chi connectivity index (χ2n) is 7.54. The van der Waals surface area contributed by atoms with E-state index in [4.69, 9.17) is 0 Å². The number of carbonyl (C=O) groups excluding carboxylic acids is 1. The molecule has 134 valence electrons. The van der Waals surface area contributed by atoms with Crippen LogP contribution in [0.15, 0.2) is 41.4 Å². The van der Waals surface area contributed by atoms with Gasteiger partial charge in [-0.3, -0.25) is 4.79 Å². The Labute approximate surface area is 153 Å². The number of carbonyl (C=O) groups is 1. The summed E-state index contributed by atoms with van der Waals surface area (Å²) in [6.45, 7) is 1.41. The lowest BCUT2D eigenvalue weighted by Crippen LogP contribution is -2.54. The molecule has 0 aromatic carbocycles. The summed E-state index contributed by atoms with van der Waals surface area (Å²) >= 11 is 1.67. The highest BCUT2D eigenvalue weighted by Gasteiger charge is 2.43. The first-order chi connectivity index (χ1) is 12.2. The summed E-state index contributed by atoms with van der Waals surface area (Å²) in [5, 5.41) is 15.0. The number of hydrogen-bond acceptors (Lipinski definition) is 3. The van der Waals surface area contributed by atoms with Crippen molar-refractivity contribution in [3.05, 3.63) is 46.9 Å². The zero-order valence-electron chi connectivity index (χ0n) is 14.5. The molecular weight excluding hydrogens is 332 g/mol. The molecule has 4 nitrogen and oxygen atoms in total. The van der Waals surface area contributed by atoms with Crippen LogP contribution >= 0.6 is 11.3 Å². The fourth-order valence-corrected chi connectivity index (χ4v) is 5.21. The summed E-state index contributed by atoms with van der Waals surface area (Å²) in [6.07, 6.45) is 9.53. The van der Waals surface area contributed by atoms with E-state index in [0.29, 0.717) is 13.0 Å². The summed E-state index contributed by atoms with van der Waals surface area (Å²) < 4.78 is 2.13. The summed E-state index contributed by atoms with van der Waals surface area (Å²) in [7, 11) is 0. The maximum Gasteiger partial charge on any atom is 0.225 e. The number of rotatable bonds is 4. The van der Waals surface area contributed by atoms with Crippen LogP contribution in [0.1, 0.15) is 50.1 Å². The van der Waals surface area contributed by atoms with Gasteiger partial charge in [-0.1, -0.05) is 12.8 Å². The minimum absolute atomic E-state index is 0.0564. The summed E-state index contributed by atoms with van der Waals surface area (Å²) in [6, 6.07) is 6.18. The van der Waals surface area contributed by atoms with Crippen molar-refractivity contribution in [1.82, 2.24) is 9.47 Å². The number of hydrogen-bond donors (Lipinski definition) is 1. The first-order valence-electron chi connectivity index (χ1n) is 9.30. The lowest BCUT2D eigenvalue weighted by Gasteiger charge is -2.47. The van der Waals surface area contributed by atoms with Crippen molar-refractivity contribution in [3.8, 4) is 0 Å². The van der Waals surface area contributed by atoms with Crippen molar-refractivity contribution < 1.29 is 9.90 Å². The number of aromatic nitrogens is 1. The average Bonchev–Trinajstić information content (AvgIpc) is 3.32. The van der Waals surface area contributed by atoms with Gasteiger partial charge in [0.1, 0.15) is 0 Å². The van der Waals surface area contributed by atoms with Crippen molar-refractivity contribution in [2.24, 2.45) is 5.92 Å². The molecule has 1 aliphatic carbocycles. The molecule has 25 heavy (non-hydrogen) atoms. The van der Waals surface area contributed by atoms with Gasteiger partial charge in [0.2, 0.25) is 5.91 Å². The van der Waals surface area contributed by atoms with E-state index < -0.39 is 5.60 Å². The van der Waals surface area contributed by atoms with Crippen molar-refractivity contribution in [3.63, 3.8) is 0 Å². The largest absolute Gasteiger partial charge is 0.389 e. The Hall–Kier alpha value is -1.59. The van der Waals surface area contributed by atoms with Gasteiger partial charge in [-0.15, -0.1) is 0 Å². The van der Waals surface area contributed by atoms with Gasteiger partial charge < -0.3 is 14.6 Å². The van der Waals surface area contributed by atoms with Gasteiger partial charge in [0, 0.05) is 31.4 Å². The van der Waals surface area contributed by atoms with E-state index in [1.807, 2.05) is 29.4 Å². The van der Waals surface area contributed by atoms with E-state index in [-0.39, 0.29) is 17.9 Å². The molecule has 1 saturated carbocycles. The standard InChI is InChI=1S/C20H26N2O2S/c23-19(22-11-8-20(24)7-2-1-5-17(20)14-22)13-18(16-6-12-25-15-16)21-9-3-4-10-21/h3-4,6,9-10,12,15,17-18,24H,1-2,5,7-8,11,13-14H2/t17-,18-,20+/m1/s1. The zero-order chi connectivity index (χ0) is 17.3. The molecule has 3 atom stereocenters. The maximum atomic E-state index is 13.0. The quantitative estimate of drug-likeness (QED) is 0.906. The molecule has 2 aromatic heterocycles. The van der Waals surface area contributed by atoms with Gasteiger partial charge in [-0.2, -0.15) is 11.3 Å². The third-order valence-electron chi connectivity index (χ3n) is 6.06. The molecule has 1 amide bonds. The Bertz CT molecular complexity index is 663. The van der Waals surface area contributed by atoms with E-state index in [1.54, 1.807) is 11.3 Å². The van der Waals surface area contributed by atoms with Crippen molar-refractivity contribution >= 4 is 17.2 Å². The molecule has 1 aliphatic heterocycles. The number of thiophene rings is 1. The third kappa shape index (κ3) is 3.40. The highest BCUT2D eigenvalue weighted by molar-refractivity contribution is 7.08. The highest BCUT2D eigenvalue weighted by atomic mass is 32.1. The molecule has 5 heteroatoms. The number of aliphatic hydroxyl groups is 1. The van der Waals surface area contributed by atoms with Crippen molar-refractivity contribution in [1.29, 1.82) is 0 Å². The topological polar surface area (TPSA) is 45.5 Å². The molecule has 0 spiro atoms. The second-order valence-corrected chi connectivity index (χ2v) is 8.32. The Morgan fingerprint density at radius 3 is 2.92 bits per heavy atom. The first-order valence-corrected chi connectivity index (χ1v) is 10.2. The summed E-state index contributed by atoms with van der Waals surface area (Å²) in [5.74, 6) is 0.461. The van der Waals surface area contributed by atoms with Crippen LogP contribution in [0.25, 0.3) is 0 Å². The number of amides is 1. The minimum Gasteiger partial charge on any atom is -0.389 e. The molecular formula is C20H26N2O2S. The Balaban J connectivity index is 1.47. The summed E-state index contributed by atoms with van der Waals surface area (Å²) in [5.41, 5.74) is 0.670. The van der Waals surface area contributed by atoms with E-state index >= 15 is 0 Å². The van der Waals surface area contributed by atoms with Gasteiger partial charge in [0.25, 0.3) is 0 Å². The van der Waals surface area contributed by atoms with Crippen LogP contribution in [0.3, 0.4) is 0 Å². The highest BCUT2D eigenvalue weighted by Crippen LogP contribution is 2.40. The van der Waals surface area contributed by atoms with Crippen molar-refractivity contribution in [2.75, 3.05) is 13.1 Å². The second kappa shape index (κ2) is 6.96. The van der Waals surface area contributed by atoms with E-state index in [2.05, 4.69) is 21.4 Å². The van der Waals surface area contributed by atoms with Crippen LogP contribution in [0.4, 0.5) is 0 Å². The lowest BCUT2D eigenvalue weighted by atomic mass is 9.71. The van der Waals surface area contributed by atoms with Crippen LogP contribution < -0.4 is 0 Å². The molecule has 2 fully saturated rings.